The number of para-hydroxylation sites is 1. The molecule has 0 aliphatic carbocycles. The lowest BCUT2D eigenvalue weighted by Gasteiger charge is -2.26. The molecule has 1 fully saturated rings. The summed E-state index contributed by atoms with van der Waals surface area (Å²) in [5.41, 5.74) is 4.73. The van der Waals surface area contributed by atoms with Crippen molar-refractivity contribution in [3.8, 4) is 0 Å². The van der Waals surface area contributed by atoms with E-state index < -0.39 is 0 Å². The molecule has 9 nitrogen and oxygen atoms in total. The molecule has 3 N–H and O–H groups in total. The number of carbonyl (C=O) groups is 2. The lowest BCUT2D eigenvalue weighted by molar-refractivity contribution is -0.116. The summed E-state index contributed by atoms with van der Waals surface area (Å²) in [6.45, 7) is 6.65. The molecule has 3 aromatic rings. The first-order chi connectivity index (χ1) is 20.0. The van der Waals surface area contributed by atoms with Gasteiger partial charge >= 0.3 is 0 Å². The van der Waals surface area contributed by atoms with Gasteiger partial charge < -0.3 is 20.7 Å². The van der Waals surface area contributed by atoms with E-state index in [2.05, 4.69) is 42.7 Å². The predicted octanol–water partition coefficient (Wildman–Crippen LogP) is 4.87. The molecule has 0 saturated carbocycles. The molecule has 2 amide bonds. The third-order valence-electron chi connectivity index (χ3n) is 7.81. The maximum Gasteiger partial charge on any atom is 0.253 e. The third kappa shape index (κ3) is 8.09. The number of fused-ring (bicyclic) bond motifs is 1. The van der Waals surface area contributed by atoms with E-state index in [0.717, 1.165) is 86.3 Å². The maximum atomic E-state index is 13.5. The van der Waals surface area contributed by atoms with Gasteiger partial charge in [0.25, 0.3) is 5.91 Å². The molecule has 1 aliphatic heterocycles. The highest BCUT2D eigenvalue weighted by molar-refractivity contribution is 6.08. The lowest BCUT2D eigenvalue weighted by atomic mass is 9.98. The number of hydrogen-bond acceptors (Lipinski definition) is 6. The monoisotopic (exact) mass is 560 g/mol. The van der Waals surface area contributed by atoms with Crippen LogP contribution in [0.2, 0.25) is 6.32 Å². The molecule has 10 heteroatoms. The van der Waals surface area contributed by atoms with Gasteiger partial charge in [0, 0.05) is 50.0 Å². The van der Waals surface area contributed by atoms with Crippen molar-refractivity contribution in [1.82, 2.24) is 20.1 Å². The Kier molecular flexibility index (Phi) is 11.6. The number of benzene rings is 1. The average Bonchev–Trinajstić information content (AvgIpc) is 3.41. The van der Waals surface area contributed by atoms with Crippen LogP contribution in [0.5, 0.6) is 0 Å². The molecule has 2 aromatic heterocycles. The van der Waals surface area contributed by atoms with Crippen LogP contribution >= 0.6 is 0 Å². The van der Waals surface area contributed by atoms with Crippen LogP contribution in [0.3, 0.4) is 0 Å². The number of anilines is 2. The maximum absolute atomic E-state index is 13.5. The summed E-state index contributed by atoms with van der Waals surface area (Å²) < 4.78 is 7.49. The topological polar surface area (TPSA) is 110 Å². The molecule has 0 atom stereocenters. The van der Waals surface area contributed by atoms with Gasteiger partial charge in [0.05, 0.1) is 28.5 Å². The molecule has 0 bridgehead atoms. The van der Waals surface area contributed by atoms with E-state index in [1.54, 1.807) is 12.1 Å². The van der Waals surface area contributed by atoms with Crippen molar-refractivity contribution < 1.29 is 14.3 Å². The number of carbonyl (C=O) groups excluding carboxylic acids is 2. The van der Waals surface area contributed by atoms with E-state index in [4.69, 9.17) is 9.72 Å². The molecule has 1 aliphatic rings. The Hall–Kier alpha value is -3.40. The summed E-state index contributed by atoms with van der Waals surface area (Å²) in [7, 11) is 2.20. The van der Waals surface area contributed by atoms with Gasteiger partial charge in [-0.2, -0.15) is 5.10 Å². The first-order valence-electron chi connectivity index (χ1n) is 15.4. The molecule has 41 heavy (non-hydrogen) atoms. The van der Waals surface area contributed by atoms with Crippen LogP contribution in [-0.2, 0) is 29.0 Å². The first-order valence-corrected chi connectivity index (χ1v) is 15.4. The second kappa shape index (κ2) is 15.6. The summed E-state index contributed by atoms with van der Waals surface area (Å²) in [6.07, 6.45) is 11.6. The summed E-state index contributed by atoms with van der Waals surface area (Å²) in [5.74, 6) is -0.288. The largest absolute Gasteiger partial charge is 0.381 e. The zero-order valence-electron chi connectivity index (χ0n) is 24.9. The van der Waals surface area contributed by atoms with Crippen LogP contribution in [0.15, 0.2) is 30.5 Å². The van der Waals surface area contributed by atoms with Crippen molar-refractivity contribution in [3.05, 3.63) is 47.3 Å². The summed E-state index contributed by atoms with van der Waals surface area (Å²) in [5, 5.41) is 15.4. The number of ether oxygens (including phenoxy) is 1. The molecule has 0 radical (unpaired) electrons. The highest BCUT2D eigenvalue weighted by Gasteiger charge is 2.22. The number of unbranched alkanes of at least 4 members (excludes halogenated alkanes) is 4. The number of hydrogen-bond donors (Lipinski definition) is 3. The highest BCUT2D eigenvalue weighted by atomic mass is 16.5. The van der Waals surface area contributed by atoms with Crippen LogP contribution < -0.4 is 16.0 Å². The van der Waals surface area contributed by atoms with Crippen molar-refractivity contribution in [2.24, 2.45) is 0 Å². The second-order valence-corrected chi connectivity index (χ2v) is 10.8. The van der Waals surface area contributed by atoms with E-state index in [1.165, 1.54) is 19.2 Å². The zero-order valence-corrected chi connectivity index (χ0v) is 24.9. The van der Waals surface area contributed by atoms with Crippen molar-refractivity contribution in [2.75, 3.05) is 23.8 Å². The minimum Gasteiger partial charge on any atom is -0.381 e. The predicted molar refractivity (Wildman–Crippen MR) is 167 cm³/mol. The Labute approximate surface area is 244 Å². The summed E-state index contributed by atoms with van der Waals surface area (Å²) >= 11 is 0. The third-order valence-corrected chi connectivity index (χ3v) is 7.81. The molecule has 4 rings (SSSR count). The van der Waals surface area contributed by atoms with E-state index in [-0.39, 0.29) is 17.9 Å². The molecular formula is C31H45BN6O3. The minimum atomic E-state index is -0.233. The molecule has 0 unspecified atom stereocenters. The van der Waals surface area contributed by atoms with Crippen LogP contribution in [0.25, 0.3) is 11.0 Å². The number of rotatable bonds is 15. The SMILES string of the molecule is BCCCCCCCC(=O)Nc1ccccc1C(=O)NCc1c(CC)nc2c(cnn2CC)c1NC1CCOCC1. The smallest absolute Gasteiger partial charge is 0.253 e. The summed E-state index contributed by atoms with van der Waals surface area (Å²) in [4.78, 5) is 31.1. The fraction of sp³-hybridized carbons (Fsp3) is 0.548. The van der Waals surface area contributed by atoms with Crippen molar-refractivity contribution >= 4 is 42.1 Å². The molecule has 220 valence electrons. The van der Waals surface area contributed by atoms with Gasteiger partial charge in [0.1, 0.15) is 7.85 Å². The first kappa shape index (κ1) is 30.6. The Morgan fingerprint density at radius 3 is 2.59 bits per heavy atom. The van der Waals surface area contributed by atoms with Gasteiger partial charge in [-0.15, -0.1) is 0 Å². The number of pyridine rings is 1. The number of nitrogens with zero attached hydrogens (tertiary/aromatic N) is 3. The Bertz CT molecular complexity index is 1300. The quantitative estimate of drug-likeness (QED) is 0.181. The van der Waals surface area contributed by atoms with Gasteiger partial charge in [-0.1, -0.05) is 51.1 Å². The Balaban J connectivity index is 1.49. The molecule has 0 spiro atoms. The lowest BCUT2D eigenvalue weighted by Crippen LogP contribution is -2.30. The Morgan fingerprint density at radius 1 is 1.07 bits per heavy atom. The van der Waals surface area contributed by atoms with E-state index in [9.17, 15) is 9.59 Å². The van der Waals surface area contributed by atoms with E-state index in [1.807, 2.05) is 23.0 Å². The van der Waals surface area contributed by atoms with Crippen LogP contribution in [0, 0.1) is 0 Å². The Morgan fingerprint density at radius 2 is 1.83 bits per heavy atom. The van der Waals surface area contributed by atoms with Crippen LogP contribution in [0.1, 0.15) is 86.8 Å². The van der Waals surface area contributed by atoms with Gasteiger partial charge in [-0.25, -0.2) is 9.67 Å². The van der Waals surface area contributed by atoms with Crippen LogP contribution in [-0.4, -0.2) is 53.7 Å². The van der Waals surface area contributed by atoms with E-state index in [0.29, 0.717) is 24.2 Å². The number of nitrogens with one attached hydrogen (secondary N) is 3. The molecule has 1 aromatic carbocycles. The van der Waals surface area contributed by atoms with Crippen molar-refractivity contribution in [3.63, 3.8) is 0 Å². The van der Waals surface area contributed by atoms with E-state index >= 15 is 0 Å². The van der Waals surface area contributed by atoms with Gasteiger partial charge in [0.2, 0.25) is 5.91 Å². The molecule has 1 saturated heterocycles. The second-order valence-electron chi connectivity index (χ2n) is 10.8. The fourth-order valence-corrected chi connectivity index (χ4v) is 5.43. The minimum absolute atomic E-state index is 0.0560. The number of amides is 2. The van der Waals surface area contributed by atoms with Crippen molar-refractivity contribution in [2.45, 2.75) is 97.1 Å². The zero-order chi connectivity index (χ0) is 29.0. The standard InChI is InChI=1S/C31H45BN6O3/c1-3-26-24(29(35-22-15-18-41-19-16-22)25-21-34-38(4-2)30(25)37-26)20-33-31(40)23-12-9-10-13-27(23)36-28(39)14-8-6-5-7-11-17-32/h9-10,12-13,21-22H,3-8,11,14-20,32H2,1-2H3,(H,33,40)(H,35,37)(H,36,39). The van der Waals surface area contributed by atoms with Gasteiger partial charge in [-0.3, -0.25) is 9.59 Å². The fourth-order valence-electron chi connectivity index (χ4n) is 5.43. The van der Waals surface area contributed by atoms with Gasteiger partial charge in [0.15, 0.2) is 5.65 Å². The van der Waals surface area contributed by atoms with Gasteiger partial charge in [-0.05, 0) is 44.7 Å². The number of aromatic nitrogens is 3. The summed E-state index contributed by atoms with van der Waals surface area (Å²) in [6, 6.07) is 7.48. The number of aryl methyl sites for hydroxylation is 2. The highest BCUT2D eigenvalue weighted by Crippen LogP contribution is 2.31. The average molecular weight is 561 g/mol. The normalized spacial score (nSPS) is 13.8. The van der Waals surface area contributed by atoms with Crippen LogP contribution in [0.4, 0.5) is 11.4 Å². The van der Waals surface area contributed by atoms with Crippen molar-refractivity contribution in [1.29, 1.82) is 0 Å². The molecule has 3 heterocycles. The molecular weight excluding hydrogens is 515 g/mol.